The summed E-state index contributed by atoms with van der Waals surface area (Å²) in [6, 6.07) is -0.800. The van der Waals surface area contributed by atoms with E-state index in [1.165, 1.54) is 0 Å². The molecule has 0 amide bonds. The van der Waals surface area contributed by atoms with Gasteiger partial charge >= 0.3 is 11.0 Å². The van der Waals surface area contributed by atoms with E-state index in [2.05, 4.69) is 10.3 Å². The van der Waals surface area contributed by atoms with Gasteiger partial charge in [-0.1, -0.05) is 13.8 Å². The summed E-state index contributed by atoms with van der Waals surface area (Å²) < 4.78 is 0. The zero-order chi connectivity index (χ0) is 12.3. The molecule has 0 radical (unpaired) electrons. The van der Waals surface area contributed by atoms with Crippen LogP contribution in [0, 0.1) is 16.0 Å². The van der Waals surface area contributed by atoms with Gasteiger partial charge < -0.3 is 10.4 Å². The van der Waals surface area contributed by atoms with Crippen LogP contribution in [0.2, 0.25) is 0 Å². The second kappa shape index (κ2) is 4.88. The van der Waals surface area contributed by atoms with Crippen LogP contribution in [0.5, 0.6) is 0 Å². The number of carbonyl (C=O) groups is 1. The second-order valence-corrected chi connectivity index (χ2v) is 4.47. The van der Waals surface area contributed by atoms with Gasteiger partial charge in [-0.25, -0.2) is 9.78 Å². The van der Waals surface area contributed by atoms with E-state index >= 15 is 0 Å². The fraction of sp³-hybridized carbons (Fsp3) is 0.500. The van der Waals surface area contributed by atoms with Gasteiger partial charge in [0.2, 0.25) is 0 Å². The molecule has 1 rings (SSSR count). The first-order valence-corrected chi connectivity index (χ1v) is 5.33. The highest BCUT2D eigenvalue weighted by Gasteiger charge is 2.23. The third kappa shape index (κ3) is 2.89. The number of rotatable bonds is 5. The topological polar surface area (TPSA) is 105 Å². The van der Waals surface area contributed by atoms with Crippen molar-refractivity contribution in [2.45, 2.75) is 19.9 Å². The van der Waals surface area contributed by atoms with Gasteiger partial charge in [0.25, 0.3) is 0 Å². The summed E-state index contributed by atoms with van der Waals surface area (Å²) in [5.74, 6) is -1.15. The number of nitrogens with zero attached hydrogens (tertiary/aromatic N) is 2. The lowest BCUT2D eigenvalue weighted by molar-refractivity contribution is -0.380. The maximum Gasteiger partial charge on any atom is 0.345 e. The number of nitro groups is 1. The highest BCUT2D eigenvalue weighted by molar-refractivity contribution is 7.18. The molecule has 1 aromatic rings. The van der Waals surface area contributed by atoms with Crippen molar-refractivity contribution >= 4 is 27.4 Å². The number of aromatic nitrogens is 1. The number of anilines is 1. The molecule has 0 saturated carbocycles. The summed E-state index contributed by atoms with van der Waals surface area (Å²) in [5.41, 5.74) is 0. The first-order chi connectivity index (χ1) is 7.41. The highest BCUT2D eigenvalue weighted by Crippen LogP contribution is 2.26. The number of thiazole rings is 1. The summed E-state index contributed by atoms with van der Waals surface area (Å²) in [7, 11) is 0. The molecule has 0 aliphatic carbocycles. The van der Waals surface area contributed by atoms with Crippen molar-refractivity contribution in [2.24, 2.45) is 5.92 Å². The molecule has 0 spiro atoms. The fourth-order valence-electron chi connectivity index (χ4n) is 1.06. The monoisotopic (exact) mass is 245 g/mol. The lowest BCUT2D eigenvalue weighted by Crippen LogP contribution is -2.34. The number of nitrogens with one attached hydrogen (secondary N) is 1. The highest BCUT2D eigenvalue weighted by atomic mass is 32.1. The van der Waals surface area contributed by atoms with Crippen LogP contribution in [0.3, 0.4) is 0 Å². The van der Waals surface area contributed by atoms with Crippen molar-refractivity contribution in [3.05, 3.63) is 16.3 Å². The Morgan fingerprint density at radius 3 is 2.69 bits per heavy atom. The lowest BCUT2D eigenvalue weighted by atomic mass is 10.1. The first-order valence-electron chi connectivity index (χ1n) is 4.51. The quantitative estimate of drug-likeness (QED) is 0.602. The maximum absolute atomic E-state index is 10.9. The predicted octanol–water partition coefficient (Wildman–Crippen LogP) is 1.57. The summed E-state index contributed by atoms with van der Waals surface area (Å²) in [4.78, 5) is 24.4. The Labute approximate surface area is 95.3 Å². The molecule has 0 aliphatic rings. The lowest BCUT2D eigenvalue weighted by Gasteiger charge is -2.16. The standard InChI is InChI=1S/C8H11N3O4S/c1-4(2)6(7(12)13)10-8-9-3-5(16-8)11(14)15/h3-4,6H,1-2H3,(H,9,10)(H,12,13)/t6-/m0/s1. The number of carboxylic acid groups (broad SMARTS) is 1. The Hall–Kier alpha value is -1.70. The Kier molecular flexibility index (Phi) is 3.78. The zero-order valence-corrected chi connectivity index (χ0v) is 9.52. The van der Waals surface area contributed by atoms with Crippen LogP contribution < -0.4 is 5.32 Å². The molecule has 0 unspecified atom stereocenters. The third-order valence-corrected chi connectivity index (χ3v) is 2.77. The average Bonchev–Trinajstić information content (AvgIpc) is 2.61. The molecule has 8 heteroatoms. The van der Waals surface area contributed by atoms with E-state index in [9.17, 15) is 14.9 Å². The van der Waals surface area contributed by atoms with Gasteiger partial charge in [-0.3, -0.25) is 10.1 Å². The van der Waals surface area contributed by atoms with E-state index in [0.717, 1.165) is 17.5 Å². The summed E-state index contributed by atoms with van der Waals surface area (Å²) in [6.07, 6.45) is 1.10. The van der Waals surface area contributed by atoms with Gasteiger partial charge in [-0.2, -0.15) is 0 Å². The van der Waals surface area contributed by atoms with Crippen molar-refractivity contribution in [2.75, 3.05) is 5.32 Å². The van der Waals surface area contributed by atoms with Crippen LogP contribution in [-0.2, 0) is 4.79 Å². The van der Waals surface area contributed by atoms with Crippen molar-refractivity contribution < 1.29 is 14.8 Å². The molecule has 0 aromatic carbocycles. The minimum Gasteiger partial charge on any atom is -0.480 e. The third-order valence-electron chi connectivity index (χ3n) is 1.89. The fourth-order valence-corrected chi connectivity index (χ4v) is 1.73. The minimum absolute atomic E-state index is 0.115. The zero-order valence-electron chi connectivity index (χ0n) is 8.71. The molecule has 0 fully saturated rings. The SMILES string of the molecule is CC(C)[C@H](Nc1ncc([N+](=O)[O-])s1)C(=O)O. The molecule has 1 heterocycles. The number of hydrogen-bond acceptors (Lipinski definition) is 6. The average molecular weight is 245 g/mol. The first kappa shape index (κ1) is 12.4. The van der Waals surface area contributed by atoms with Crippen LogP contribution in [0.1, 0.15) is 13.8 Å². The predicted molar refractivity (Wildman–Crippen MR) is 58.7 cm³/mol. The van der Waals surface area contributed by atoms with Crippen LogP contribution in [-0.4, -0.2) is 27.0 Å². The van der Waals surface area contributed by atoms with Crippen molar-refractivity contribution in [3.8, 4) is 0 Å². The van der Waals surface area contributed by atoms with E-state index in [-0.39, 0.29) is 16.1 Å². The Balaban J connectivity index is 2.78. The van der Waals surface area contributed by atoms with E-state index in [4.69, 9.17) is 5.11 Å². The Bertz CT molecular complexity index is 404. The van der Waals surface area contributed by atoms with Crippen molar-refractivity contribution in [1.82, 2.24) is 4.98 Å². The molecule has 2 N–H and O–H groups in total. The van der Waals surface area contributed by atoms with Crippen LogP contribution in [0.15, 0.2) is 6.20 Å². The summed E-state index contributed by atoms with van der Waals surface area (Å²) in [6.45, 7) is 3.49. The molecule has 0 saturated heterocycles. The number of carboxylic acids is 1. The molecule has 0 bridgehead atoms. The van der Waals surface area contributed by atoms with Gasteiger partial charge in [0.05, 0.1) is 4.92 Å². The van der Waals surface area contributed by atoms with E-state index < -0.39 is 16.9 Å². The van der Waals surface area contributed by atoms with Gasteiger partial charge in [-0.15, -0.1) is 0 Å². The van der Waals surface area contributed by atoms with Crippen LogP contribution >= 0.6 is 11.3 Å². The van der Waals surface area contributed by atoms with Crippen molar-refractivity contribution in [3.63, 3.8) is 0 Å². The van der Waals surface area contributed by atoms with Gasteiger partial charge in [0, 0.05) is 0 Å². The normalized spacial score (nSPS) is 12.4. The molecular formula is C8H11N3O4S. The molecule has 1 atom stereocenters. The molecule has 88 valence electrons. The van der Waals surface area contributed by atoms with Gasteiger partial charge in [-0.05, 0) is 17.3 Å². The van der Waals surface area contributed by atoms with Crippen LogP contribution in [0.4, 0.5) is 10.1 Å². The molecular weight excluding hydrogens is 234 g/mol. The smallest absolute Gasteiger partial charge is 0.345 e. The van der Waals surface area contributed by atoms with E-state index in [1.54, 1.807) is 13.8 Å². The Morgan fingerprint density at radius 2 is 2.31 bits per heavy atom. The van der Waals surface area contributed by atoms with E-state index in [0.29, 0.717) is 0 Å². The minimum atomic E-state index is -1.01. The maximum atomic E-state index is 10.9. The summed E-state index contributed by atoms with van der Waals surface area (Å²) >= 11 is 0.819. The molecule has 16 heavy (non-hydrogen) atoms. The largest absolute Gasteiger partial charge is 0.480 e. The van der Waals surface area contributed by atoms with Crippen LogP contribution in [0.25, 0.3) is 0 Å². The summed E-state index contributed by atoms with van der Waals surface area (Å²) in [5, 5.41) is 22.1. The van der Waals surface area contributed by atoms with Gasteiger partial charge in [0.15, 0.2) is 5.13 Å². The molecule has 1 aromatic heterocycles. The van der Waals surface area contributed by atoms with Gasteiger partial charge in [0.1, 0.15) is 12.2 Å². The molecule has 0 aliphatic heterocycles. The second-order valence-electron chi connectivity index (χ2n) is 3.47. The Morgan fingerprint density at radius 1 is 1.69 bits per heavy atom. The van der Waals surface area contributed by atoms with E-state index in [1.807, 2.05) is 0 Å². The number of aliphatic carboxylic acids is 1. The number of hydrogen-bond donors (Lipinski definition) is 2. The molecule has 7 nitrogen and oxygen atoms in total. The van der Waals surface area contributed by atoms with Crippen molar-refractivity contribution in [1.29, 1.82) is 0 Å².